The number of fused-ring (bicyclic) bond motifs is 1. The van der Waals surface area contributed by atoms with Crippen molar-refractivity contribution in [2.24, 2.45) is 5.16 Å². The van der Waals surface area contributed by atoms with Gasteiger partial charge in [0.1, 0.15) is 0 Å². The summed E-state index contributed by atoms with van der Waals surface area (Å²) in [6.07, 6.45) is -4.94. The summed E-state index contributed by atoms with van der Waals surface area (Å²) in [5.74, 6) is -2.02. The highest BCUT2D eigenvalue weighted by molar-refractivity contribution is 9.12. The summed E-state index contributed by atoms with van der Waals surface area (Å²) in [7, 11) is 0. The van der Waals surface area contributed by atoms with E-state index in [0.717, 1.165) is 0 Å². The average molecular weight is 422 g/mol. The molecule has 19 heavy (non-hydrogen) atoms. The second-order valence-electron chi connectivity index (χ2n) is 3.71. The molecule has 1 amide bonds. The van der Waals surface area contributed by atoms with Crippen LogP contribution in [0.1, 0.15) is 23.6 Å². The zero-order valence-corrected chi connectivity index (χ0v) is 12.9. The highest BCUT2D eigenvalue weighted by Gasteiger charge is 2.43. The third-order valence-electron chi connectivity index (χ3n) is 2.57. The number of amides is 1. The van der Waals surface area contributed by atoms with Crippen molar-refractivity contribution in [3.05, 3.63) is 18.7 Å². The molecule has 10 heteroatoms. The molecular weight excluding hydrogens is 417 g/mol. The van der Waals surface area contributed by atoms with Gasteiger partial charge < -0.3 is 10.5 Å². The molecule has 0 spiro atoms. The quantitative estimate of drug-likeness (QED) is 0.537. The van der Waals surface area contributed by atoms with Gasteiger partial charge in [0.05, 0.1) is 19.3 Å². The van der Waals surface area contributed by atoms with Crippen molar-refractivity contribution < 1.29 is 23.2 Å². The fraction of sp³-hybridized carbons (Fsp3) is 0.333. The van der Waals surface area contributed by atoms with E-state index in [1.54, 1.807) is 0 Å². The lowest BCUT2D eigenvalue weighted by Crippen LogP contribution is -2.38. The molecule has 2 N–H and O–H groups in total. The largest absolute Gasteiger partial charge is 0.471 e. The van der Waals surface area contributed by atoms with Gasteiger partial charge in [0, 0.05) is 17.5 Å². The smallest absolute Gasteiger partial charge is 0.411 e. The molecule has 0 bridgehead atoms. The Hall–Kier alpha value is -0.610. The van der Waals surface area contributed by atoms with Gasteiger partial charge in [0.2, 0.25) is 0 Å². The Kier molecular flexibility index (Phi) is 3.94. The standard InChI is InChI=1S/C9H5Br2F3N2O2S/c10-6-4-2(15-8(17)9(12,13)14)1-3(16-18)5(4)7(11)19-6/h2,18H,1H2,(H,15,17). The maximum absolute atomic E-state index is 12.3. The predicted molar refractivity (Wildman–Crippen MR) is 69.6 cm³/mol. The minimum absolute atomic E-state index is 0.00769. The number of hydrogen-bond acceptors (Lipinski definition) is 4. The molecule has 4 nitrogen and oxygen atoms in total. The third-order valence-corrected chi connectivity index (χ3v) is 5.15. The van der Waals surface area contributed by atoms with Crippen molar-refractivity contribution >= 4 is 54.8 Å². The van der Waals surface area contributed by atoms with E-state index in [1.807, 2.05) is 5.32 Å². The summed E-state index contributed by atoms with van der Waals surface area (Å²) in [5.41, 5.74) is 1.24. The number of carbonyl (C=O) groups excluding carboxylic acids is 1. The van der Waals surface area contributed by atoms with E-state index < -0.39 is 18.1 Å². The van der Waals surface area contributed by atoms with Crippen LogP contribution in [-0.2, 0) is 4.79 Å². The van der Waals surface area contributed by atoms with Crippen LogP contribution in [0.3, 0.4) is 0 Å². The first-order valence-corrected chi connectivity index (χ1v) is 7.22. The SMILES string of the molecule is O=C(NC1CC(=NO)c2c(Br)sc(Br)c21)C(F)(F)F. The van der Waals surface area contributed by atoms with Crippen LogP contribution in [0.15, 0.2) is 12.7 Å². The van der Waals surface area contributed by atoms with Crippen molar-refractivity contribution in [1.29, 1.82) is 0 Å². The second-order valence-corrected chi connectivity index (χ2v) is 7.37. The molecule has 1 unspecified atom stereocenters. The van der Waals surface area contributed by atoms with Crippen LogP contribution in [0.2, 0.25) is 0 Å². The Morgan fingerprint density at radius 1 is 1.42 bits per heavy atom. The maximum atomic E-state index is 12.3. The third kappa shape index (κ3) is 2.65. The van der Waals surface area contributed by atoms with Crippen molar-refractivity contribution in [2.75, 3.05) is 0 Å². The minimum Gasteiger partial charge on any atom is -0.411 e. The summed E-state index contributed by atoms with van der Waals surface area (Å²) in [6.45, 7) is 0. The fourth-order valence-corrected chi connectivity index (χ4v) is 5.20. The van der Waals surface area contributed by atoms with Gasteiger partial charge in [-0.25, -0.2) is 0 Å². The Balaban J connectivity index is 2.35. The highest BCUT2D eigenvalue weighted by Crippen LogP contribution is 2.46. The van der Waals surface area contributed by atoms with Crippen LogP contribution in [0.25, 0.3) is 0 Å². The van der Waals surface area contributed by atoms with E-state index in [9.17, 15) is 18.0 Å². The van der Waals surface area contributed by atoms with Crippen LogP contribution in [0.5, 0.6) is 0 Å². The number of halogens is 5. The summed E-state index contributed by atoms with van der Waals surface area (Å²) in [5, 5.41) is 13.8. The molecule has 0 aromatic carbocycles. The molecule has 1 heterocycles. The molecule has 0 aliphatic heterocycles. The molecule has 0 saturated carbocycles. The number of hydrogen-bond donors (Lipinski definition) is 2. The molecule has 104 valence electrons. The van der Waals surface area contributed by atoms with Gasteiger partial charge in [-0.3, -0.25) is 4.79 Å². The number of oxime groups is 1. The Labute approximate surface area is 125 Å². The molecule has 1 aromatic rings. The van der Waals surface area contributed by atoms with E-state index in [2.05, 4.69) is 37.0 Å². The normalized spacial score (nSPS) is 20.7. The van der Waals surface area contributed by atoms with E-state index >= 15 is 0 Å². The van der Waals surface area contributed by atoms with E-state index in [4.69, 9.17) is 5.21 Å². The van der Waals surface area contributed by atoms with Crippen LogP contribution >= 0.6 is 43.2 Å². The van der Waals surface area contributed by atoms with Gasteiger partial charge in [-0.05, 0) is 31.9 Å². The summed E-state index contributed by atoms with van der Waals surface area (Å²) in [6, 6.07) is -0.869. The first-order chi connectivity index (χ1) is 8.75. The molecule has 0 radical (unpaired) electrons. The molecule has 1 aliphatic rings. The number of nitrogens with zero attached hydrogens (tertiary/aromatic N) is 1. The van der Waals surface area contributed by atoms with Gasteiger partial charge in [-0.15, -0.1) is 11.3 Å². The van der Waals surface area contributed by atoms with E-state index in [-0.39, 0.29) is 12.1 Å². The molecule has 1 atom stereocenters. The maximum Gasteiger partial charge on any atom is 0.471 e. The lowest BCUT2D eigenvalue weighted by atomic mass is 10.2. The second kappa shape index (κ2) is 5.06. The van der Waals surface area contributed by atoms with Crippen LogP contribution in [0.4, 0.5) is 13.2 Å². The zero-order valence-electron chi connectivity index (χ0n) is 8.89. The van der Waals surface area contributed by atoms with Gasteiger partial charge in [0.25, 0.3) is 0 Å². The molecule has 1 aliphatic carbocycles. The molecular formula is C9H5Br2F3N2O2S. The Bertz CT molecular complexity index is 571. The first kappa shape index (κ1) is 14.8. The van der Waals surface area contributed by atoms with Gasteiger partial charge >= 0.3 is 12.1 Å². The number of carbonyl (C=O) groups is 1. The first-order valence-electron chi connectivity index (χ1n) is 4.82. The van der Waals surface area contributed by atoms with Gasteiger partial charge in [-0.2, -0.15) is 13.2 Å². The topological polar surface area (TPSA) is 61.7 Å². The van der Waals surface area contributed by atoms with Crippen molar-refractivity contribution in [3.8, 4) is 0 Å². The molecule has 2 rings (SSSR count). The van der Waals surface area contributed by atoms with Crippen LogP contribution < -0.4 is 5.32 Å². The van der Waals surface area contributed by atoms with E-state index in [0.29, 0.717) is 18.7 Å². The summed E-state index contributed by atoms with van der Waals surface area (Å²) < 4.78 is 38.0. The van der Waals surface area contributed by atoms with E-state index in [1.165, 1.54) is 11.3 Å². The van der Waals surface area contributed by atoms with Crippen molar-refractivity contribution in [2.45, 2.75) is 18.6 Å². The number of nitrogens with one attached hydrogen (secondary N) is 1. The number of thiophene rings is 1. The monoisotopic (exact) mass is 420 g/mol. The molecule has 1 aromatic heterocycles. The summed E-state index contributed by atoms with van der Waals surface area (Å²) >= 11 is 7.71. The molecule has 0 fully saturated rings. The van der Waals surface area contributed by atoms with Crippen LogP contribution in [0, 0.1) is 0 Å². The van der Waals surface area contributed by atoms with Crippen molar-refractivity contribution in [3.63, 3.8) is 0 Å². The average Bonchev–Trinajstić information content (AvgIpc) is 2.78. The van der Waals surface area contributed by atoms with Gasteiger partial charge in [-0.1, -0.05) is 5.16 Å². The number of alkyl halides is 3. The highest BCUT2D eigenvalue weighted by atomic mass is 79.9. The zero-order chi connectivity index (χ0) is 14.4. The lowest BCUT2D eigenvalue weighted by Gasteiger charge is -2.14. The minimum atomic E-state index is -4.95. The number of rotatable bonds is 1. The van der Waals surface area contributed by atoms with Crippen molar-refractivity contribution in [1.82, 2.24) is 5.32 Å². The Morgan fingerprint density at radius 2 is 2.05 bits per heavy atom. The summed E-state index contributed by atoms with van der Waals surface area (Å²) in [4.78, 5) is 11.0. The predicted octanol–water partition coefficient (Wildman–Crippen LogP) is 3.57. The van der Waals surface area contributed by atoms with Crippen LogP contribution in [-0.4, -0.2) is 23.0 Å². The van der Waals surface area contributed by atoms with Gasteiger partial charge in [0.15, 0.2) is 0 Å². The lowest BCUT2D eigenvalue weighted by molar-refractivity contribution is -0.174. The fourth-order valence-electron chi connectivity index (χ4n) is 1.82. The molecule has 0 saturated heterocycles. The Morgan fingerprint density at radius 3 is 2.58 bits per heavy atom.